The Bertz CT molecular complexity index is 1230. The van der Waals surface area contributed by atoms with Gasteiger partial charge >= 0.3 is 0 Å². The van der Waals surface area contributed by atoms with Gasteiger partial charge in [0.25, 0.3) is 0 Å². The molecular weight excluding hydrogens is 478 g/mol. The summed E-state index contributed by atoms with van der Waals surface area (Å²) in [7, 11) is 0. The van der Waals surface area contributed by atoms with Crippen molar-refractivity contribution in [3.63, 3.8) is 0 Å². The first-order valence-electron chi connectivity index (χ1n) is 12.3. The number of halogens is 1. The second-order valence-corrected chi connectivity index (χ2v) is 11.7. The van der Waals surface area contributed by atoms with E-state index in [9.17, 15) is 9.59 Å². The van der Waals surface area contributed by atoms with Crippen molar-refractivity contribution >= 4 is 29.4 Å². The van der Waals surface area contributed by atoms with Gasteiger partial charge in [0.05, 0.1) is 29.1 Å². The summed E-state index contributed by atoms with van der Waals surface area (Å²) < 4.78 is 6.11. The van der Waals surface area contributed by atoms with Crippen LogP contribution in [0.3, 0.4) is 0 Å². The van der Waals surface area contributed by atoms with Gasteiger partial charge in [-0.15, -0.1) is 0 Å². The summed E-state index contributed by atoms with van der Waals surface area (Å²) in [6.07, 6.45) is 4.93. The Balaban J connectivity index is 1.40. The number of aromatic nitrogens is 1. The van der Waals surface area contributed by atoms with Crippen LogP contribution in [0.4, 0.5) is 0 Å². The molecule has 2 aliphatic heterocycles. The molecule has 8 nitrogen and oxygen atoms in total. The van der Waals surface area contributed by atoms with E-state index in [0.717, 1.165) is 11.1 Å². The van der Waals surface area contributed by atoms with Gasteiger partial charge in [0.1, 0.15) is 11.4 Å². The summed E-state index contributed by atoms with van der Waals surface area (Å²) in [5.74, 6) is 0.293. The molecule has 190 valence electrons. The van der Waals surface area contributed by atoms with Crippen LogP contribution in [0.1, 0.15) is 70.2 Å². The molecule has 1 aromatic heterocycles. The van der Waals surface area contributed by atoms with Crippen molar-refractivity contribution in [3.05, 3.63) is 58.9 Å². The van der Waals surface area contributed by atoms with Crippen molar-refractivity contribution in [2.75, 3.05) is 0 Å². The van der Waals surface area contributed by atoms with Crippen LogP contribution in [0.5, 0.6) is 5.75 Å². The van der Waals surface area contributed by atoms with E-state index < -0.39 is 17.2 Å². The minimum atomic E-state index is -0.554. The van der Waals surface area contributed by atoms with Crippen LogP contribution in [0.15, 0.2) is 47.7 Å². The third-order valence-corrected chi connectivity index (χ3v) is 7.46. The van der Waals surface area contributed by atoms with E-state index in [1.165, 1.54) is 0 Å². The molecule has 4 atom stereocenters. The molecule has 3 aliphatic rings. The fraction of sp³-hybridized carbons (Fsp3) is 0.481. The predicted molar refractivity (Wildman–Crippen MR) is 137 cm³/mol. The normalized spacial score (nSPS) is 26.8. The molecule has 0 radical (unpaired) electrons. The Morgan fingerprint density at radius 1 is 1.25 bits per heavy atom. The number of para-hydroxylation sites is 1. The molecule has 0 saturated heterocycles. The lowest BCUT2D eigenvalue weighted by molar-refractivity contribution is -0.132. The summed E-state index contributed by atoms with van der Waals surface area (Å²) in [5.41, 5.74) is 7.01. The summed E-state index contributed by atoms with van der Waals surface area (Å²) >= 11 is 6.41. The highest BCUT2D eigenvalue weighted by Gasteiger charge is 2.53. The van der Waals surface area contributed by atoms with Crippen LogP contribution in [0.25, 0.3) is 0 Å². The number of amides is 2. The number of guanidine groups is 1. The summed E-state index contributed by atoms with van der Waals surface area (Å²) in [6.45, 7) is 7.76. The molecular formula is C27H32ClN5O3. The first-order chi connectivity index (χ1) is 17.0. The molecule has 2 amide bonds. The van der Waals surface area contributed by atoms with E-state index in [1.54, 1.807) is 23.4 Å². The first kappa shape index (κ1) is 24.6. The number of carbonyl (C=O) groups is 2. The molecule has 1 saturated carbocycles. The minimum absolute atomic E-state index is 0.0529. The monoisotopic (exact) mass is 509 g/mol. The van der Waals surface area contributed by atoms with Crippen molar-refractivity contribution in [3.8, 4) is 5.75 Å². The van der Waals surface area contributed by atoms with Crippen LogP contribution in [0, 0.1) is 11.8 Å². The highest BCUT2D eigenvalue weighted by Crippen LogP contribution is 2.52. The SMILES string of the molecule is CC1(C)CC(=O)N([C@H](c2cccnc2)[C@H]2C[C@@H]2C(=O)NC2CC(C)(C)Oc3c(Cl)cccc32)C(N)=N1. The molecule has 0 spiro atoms. The number of pyridine rings is 1. The van der Waals surface area contributed by atoms with E-state index >= 15 is 0 Å². The van der Waals surface area contributed by atoms with Gasteiger partial charge in [-0.25, -0.2) is 4.99 Å². The van der Waals surface area contributed by atoms with Crippen molar-refractivity contribution in [1.29, 1.82) is 0 Å². The van der Waals surface area contributed by atoms with Crippen LogP contribution in [-0.4, -0.2) is 38.8 Å². The smallest absolute Gasteiger partial charge is 0.232 e. The number of rotatable bonds is 5. The fourth-order valence-corrected chi connectivity index (χ4v) is 5.74. The number of fused-ring (bicyclic) bond motifs is 1. The molecule has 1 unspecified atom stereocenters. The average molecular weight is 510 g/mol. The molecule has 1 aromatic carbocycles. The van der Waals surface area contributed by atoms with E-state index in [4.69, 9.17) is 22.1 Å². The number of carbonyl (C=O) groups excluding carboxylic acids is 2. The molecule has 0 bridgehead atoms. The van der Waals surface area contributed by atoms with Crippen molar-refractivity contribution in [2.45, 2.75) is 70.2 Å². The lowest BCUT2D eigenvalue weighted by atomic mass is 9.89. The summed E-state index contributed by atoms with van der Waals surface area (Å²) in [6, 6.07) is 8.72. The van der Waals surface area contributed by atoms with Gasteiger partial charge in [0.15, 0.2) is 5.96 Å². The first-order valence-corrected chi connectivity index (χ1v) is 12.7. The number of benzene rings is 1. The zero-order valence-electron chi connectivity index (χ0n) is 21.0. The van der Waals surface area contributed by atoms with Gasteiger partial charge < -0.3 is 15.8 Å². The van der Waals surface area contributed by atoms with Crippen LogP contribution >= 0.6 is 11.6 Å². The van der Waals surface area contributed by atoms with Crippen LogP contribution in [0.2, 0.25) is 5.02 Å². The van der Waals surface area contributed by atoms with Gasteiger partial charge in [-0.2, -0.15) is 0 Å². The van der Waals surface area contributed by atoms with Crippen LogP contribution in [-0.2, 0) is 9.59 Å². The molecule has 3 N–H and O–H groups in total. The molecule has 1 aliphatic carbocycles. The molecule has 3 heterocycles. The molecule has 1 fully saturated rings. The maximum atomic E-state index is 13.5. The van der Waals surface area contributed by atoms with Crippen molar-refractivity contribution in [2.24, 2.45) is 22.6 Å². The van der Waals surface area contributed by atoms with Gasteiger partial charge in [0, 0.05) is 30.3 Å². The highest BCUT2D eigenvalue weighted by molar-refractivity contribution is 6.32. The number of nitrogens with zero attached hydrogens (tertiary/aromatic N) is 3. The Labute approximate surface area is 216 Å². The standard InChI is InChI=1S/C27H32ClN5O3/c1-26(2)13-21(34)33(25(29)32-26)22(15-7-6-10-30-14-15)17-11-18(17)24(35)31-20-12-27(3,4)36-23-16(20)8-5-9-19(23)28/h5-10,14,17-18,20,22H,11-13H2,1-4H3,(H2,29,32)(H,31,35)/t17-,18-,20?,22+/m0/s1. The lowest BCUT2D eigenvalue weighted by Crippen LogP contribution is -2.52. The minimum Gasteiger partial charge on any atom is -0.486 e. The predicted octanol–water partition coefficient (Wildman–Crippen LogP) is 4.16. The Morgan fingerprint density at radius 2 is 2.03 bits per heavy atom. The van der Waals surface area contributed by atoms with Crippen molar-refractivity contribution in [1.82, 2.24) is 15.2 Å². The number of ether oxygens (including phenoxy) is 1. The second kappa shape index (κ2) is 8.76. The lowest BCUT2D eigenvalue weighted by Gasteiger charge is -2.39. The zero-order chi connectivity index (χ0) is 25.8. The maximum Gasteiger partial charge on any atom is 0.232 e. The van der Waals surface area contributed by atoms with Crippen molar-refractivity contribution < 1.29 is 14.3 Å². The second-order valence-electron chi connectivity index (χ2n) is 11.2. The third kappa shape index (κ3) is 4.66. The number of hydrogen-bond donors (Lipinski definition) is 2. The van der Waals surface area contributed by atoms with E-state index in [-0.39, 0.29) is 42.1 Å². The van der Waals surface area contributed by atoms with E-state index in [1.807, 2.05) is 52.0 Å². The zero-order valence-corrected chi connectivity index (χ0v) is 21.7. The number of nitrogens with one attached hydrogen (secondary N) is 1. The Kier molecular flexibility index (Phi) is 5.98. The number of hydrogen-bond acceptors (Lipinski definition) is 6. The molecule has 5 rings (SSSR count). The van der Waals surface area contributed by atoms with Crippen LogP contribution < -0.4 is 15.8 Å². The van der Waals surface area contributed by atoms with Gasteiger partial charge in [-0.05, 0) is 57.7 Å². The largest absolute Gasteiger partial charge is 0.486 e. The molecule has 9 heteroatoms. The topological polar surface area (TPSA) is 110 Å². The molecule has 2 aromatic rings. The average Bonchev–Trinajstić information content (AvgIpc) is 3.57. The summed E-state index contributed by atoms with van der Waals surface area (Å²) in [4.78, 5) is 37.1. The van der Waals surface area contributed by atoms with Gasteiger partial charge in [-0.3, -0.25) is 19.5 Å². The fourth-order valence-electron chi connectivity index (χ4n) is 5.52. The Morgan fingerprint density at radius 3 is 2.72 bits per heavy atom. The third-order valence-electron chi connectivity index (χ3n) is 7.17. The summed E-state index contributed by atoms with van der Waals surface area (Å²) in [5, 5.41) is 3.77. The van der Waals surface area contributed by atoms with E-state index in [2.05, 4.69) is 15.3 Å². The number of nitrogens with two attached hydrogens (primary N) is 1. The quantitative estimate of drug-likeness (QED) is 0.629. The van der Waals surface area contributed by atoms with Gasteiger partial charge in [-0.1, -0.05) is 29.8 Å². The number of aliphatic imine (C=N–C) groups is 1. The van der Waals surface area contributed by atoms with E-state index in [0.29, 0.717) is 23.6 Å². The maximum absolute atomic E-state index is 13.5. The molecule has 36 heavy (non-hydrogen) atoms. The highest BCUT2D eigenvalue weighted by atomic mass is 35.5. The van der Waals surface area contributed by atoms with Gasteiger partial charge in [0.2, 0.25) is 11.8 Å². The Hall–Kier alpha value is -3.13.